The average molecular weight is 223 g/mol. The Labute approximate surface area is 83.6 Å². The predicted octanol–water partition coefficient (Wildman–Crippen LogP) is 2.74. The maximum absolute atomic E-state index is 12.7. The molecular weight excluding hydrogens is 214 g/mol. The molecule has 0 amide bonds. The van der Waals surface area contributed by atoms with Gasteiger partial charge in [0.1, 0.15) is 11.6 Å². The zero-order chi connectivity index (χ0) is 11.5. The number of ether oxygens (including phenoxy) is 1. The Morgan fingerprint density at radius 3 is 2.40 bits per heavy atom. The molecule has 0 radical (unpaired) electrons. The van der Waals surface area contributed by atoms with Gasteiger partial charge in [0.05, 0.1) is 13.0 Å². The SMILES string of the molecule is Nc1cc(F)cc(OCCC(F)(F)F)c1. The fraction of sp³-hybridized carbons (Fsp3) is 0.333. The summed E-state index contributed by atoms with van der Waals surface area (Å²) in [5, 5.41) is 0. The number of alkyl halides is 3. The van der Waals surface area contributed by atoms with Gasteiger partial charge in [0.15, 0.2) is 0 Å². The van der Waals surface area contributed by atoms with Crippen molar-refractivity contribution in [3.63, 3.8) is 0 Å². The zero-order valence-corrected chi connectivity index (χ0v) is 7.64. The highest BCUT2D eigenvalue weighted by Crippen LogP contribution is 2.22. The third-order valence-corrected chi connectivity index (χ3v) is 1.55. The molecule has 0 unspecified atom stereocenters. The van der Waals surface area contributed by atoms with Crippen LogP contribution in [0.15, 0.2) is 18.2 Å². The molecule has 15 heavy (non-hydrogen) atoms. The number of nitrogen functional groups attached to an aromatic ring is 1. The Morgan fingerprint density at radius 1 is 1.20 bits per heavy atom. The average Bonchev–Trinajstić information content (AvgIpc) is 1.99. The van der Waals surface area contributed by atoms with Crippen LogP contribution in [0.25, 0.3) is 0 Å². The fourth-order valence-corrected chi connectivity index (χ4v) is 0.952. The second-order valence-corrected chi connectivity index (χ2v) is 2.93. The lowest BCUT2D eigenvalue weighted by Crippen LogP contribution is -2.13. The molecule has 2 nitrogen and oxygen atoms in total. The molecule has 0 bridgehead atoms. The van der Waals surface area contributed by atoms with E-state index in [-0.39, 0.29) is 11.4 Å². The Bertz CT molecular complexity index is 317. The molecular formula is C9H9F4NO. The van der Waals surface area contributed by atoms with Gasteiger partial charge in [0, 0.05) is 17.8 Å². The second-order valence-electron chi connectivity index (χ2n) is 2.93. The molecule has 0 saturated heterocycles. The number of halogens is 4. The third-order valence-electron chi connectivity index (χ3n) is 1.55. The van der Waals surface area contributed by atoms with Gasteiger partial charge in [0.2, 0.25) is 0 Å². The van der Waals surface area contributed by atoms with Crippen LogP contribution in [0.4, 0.5) is 23.2 Å². The van der Waals surface area contributed by atoms with Gasteiger partial charge in [0.25, 0.3) is 0 Å². The Hall–Kier alpha value is -1.46. The van der Waals surface area contributed by atoms with Crippen molar-refractivity contribution in [1.82, 2.24) is 0 Å². The van der Waals surface area contributed by atoms with Gasteiger partial charge in [-0.1, -0.05) is 0 Å². The van der Waals surface area contributed by atoms with Crippen LogP contribution in [0.1, 0.15) is 6.42 Å². The number of rotatable bonds is 3. The van der Waals surface area contributed by atoms with Crippen molar-refractivity contribution in [3.8, 4) is 5.75 Å². The lowest BCUT2D eigenvalue weighted by molar-refractivity contribution is -0.139. The number of nitrogens with two attached hydrogens (primary N) is 1. The summed E-state index contributed by atoms with van der Waals surface area (Å²) in [6.07, 6.45) is -5.36. The monoisotopic (exact) mass is 223 g/mol. The quantitative estimate of drug-likeness (QED) is 0.631. The molecule has 1 aromatic carbocycles. The van der Waals surface area contributed by atoms with Crippen molar-refractivity contribution in [3.05, 3.63) is 24.0 Å². The highest BCUT2D eigenvalue weighted by atomic mass is 19.4. The molecule has 0 aromatic heterocycles. The number of benzene rings is 1. The lowest BCUT2D eigenvalue weighted by Gasteiger charge is -2.09. The van der Waals surface area contributed by atoms with Gasteiger partial charge < -0.3 is 10.5 Å². The predicted molar refractivity (Wildman–Crippen MR) is 47.0 cm³/mol. The molecule has 0 aliphatic carbocycles. The first-order chi connectivity index (χ1) is 6.87. The Kier molecular flexibility index (Phi) is 3.39. The van der Waals surface area contributed by atoms with Crippen molar-refractivity contribution in [1.29, 1.82) is 0 Å². The number of hydrogen-bond acceptors (Lipinski definition) is 2. The highest BCUT2D eigenvalue weighted by Gasteiger charge is 2.26. The summed E-state index contributed by atoms with van der Waals surface area (Å²) in [6.45, 7) is -0.549. The lowest BCUT2D eigenvalue weighted by atomic mass is 10.3. The highest BCUT2D eigenvalue weighted by molar-refractivity contribution is 5.44. The summed E-state index contributed by atoms with van der Waals surface area (Å²) in [6, 6.07) is 3.29. The molecule has 0 fully saturated rings. The molecule has 0 spiro atoms. The first-order valence-electron chi connectivity index (χ1n) is 4.12. The minimum atomic E-state index is -4.28. The molecule has 0 saturated carbocycles. The Balaban J connectivity index is 2.51. The number of hydrogen-bond donors (Lipinski definition) is 1. The van der Waals surface area contributed by atoms with Crippen LogP contribution in [0.3, 0.4) is 0 Å². The minimum absolute atomic E-state index is 0.00301. The van der Waals surface area contributed by atoms with Crippen molar-refractivity contribution in [2.45, 2.75) is 12.6 Å². The van der Waals surface area contributed by atoms with E-state index in [2.05, 4.69) is 0 Å². The smallest absolute Gasteiger partial charge is 0.392 e. The molecule has 0 aliphatic rings. The summed E-state index contributed by atoms with van der Waals surface area (Å²) in [5.74, 6) is -0.645. The van der Waals surface area contributed by atoms with Gasteiger partial charge in [-0.2, -0.15) is 13.2 Å². The van der Waals surface area contributed by atoms with Crippen molar-refractivity contribution in [2.75, 3.05) is 12.3 Å². The Morgan fingerprint density at radius 2 is 1.87 bits per heavy atom. The zero-order valence-electron chi connectivity index (χ0n) is 7.64. The van der Waals surface area contributed by atoms with Crippen LogP contribution in [0, 0.1) is 5.82 Å². The van der Waals surface area contributed by atoms with Gasteiger partial charge in [-0.05, 0) is 6.07 Å². The van der Waals surface area contributed by atoms with E-state index in [4.69, 9.17) is 10.5 Å². The van der Waals surface area contributed by atoms with E-state index in [1.807, 2.05) is 0 Å². The maximum Gasteiger partial charge on any atom is 0.392 e. The largest absolute Gasteiger partial charge is 0.493 e. The van der Waals surface area contributed by atoms with Gasteiger partial charge in [-0.15, -0.1) is 0 Å². The molecule has 2 N–H and O–H groups in total. The fourth-order valence-electron chi connectivity index (χ4n) is 0.952. The second kappa shape index (κ2) is 4.37. The number of anilines is 1. The van der Waals surface area contributed by atoms with E-state index in [9.17, 15) is 17.6 Å². The van der Waals surface area contributed by atoms with E-state index in [1.54, 1.807) is 0 Å². The van der Waals surface area contributed by atoms with E-state index >= 15 is 0 Å². The first-order valence-corrected chi connectivity index (χ1v) is 4.12. The van der Waals surface area contributed by atoms with Gasteiger partial charge in [-0.3, -0.25) is 0 Å². The summed E-state index contributed by atoms with van der Waals surface area (Å²) < 4.78 is 52.6. The molecule has 0 heterocycles. The van der Waals surface area contributed by atoms with Crippen LogP contribution >= 0.6 is 0 Å². The molecule has 1 aromatic rings. The topological polar surface area (TPSA) is 35.2 Å². The van der Waals surface area contributed by atoms with E-state index in [0.29, 0.717) is 0 Å². The third kappa shape index (κ3) is 4.53. The van der Waals surface area contributed by atoms with E-state index < -0.39 is 25.0 Å². The normalized spacial score (nSPS) is 11.5. The van der Waals surface area contributed by atoms with E-state index in [1.165, 1.54) is 6.07 Å². The van der Waals surface area contributed by atoms with E-state index in [0.717, 1.165) is 12.1 Å². The van der Waals surface area contributed by atoms with Crippen molar-refractivity contribution >= 4 is 5.69 Å². The van der Waals surface area contributed by atoms with Crippen molar-refractivity contribution < 1.29 is 22.3 Å². The first kappa shape index (κ1) is 11.6. The molecule has 0 aliphatic heterocycles. The van der Waals surface area contributed by atoms with Crippen molar-refractivity contribution in [2.24, 2.45) is 0 Å². The van der Waals surface area contributed by atoms with Crippen LogP contribution in [-0.2, 0) is 0 Å². The standard InChI is InChI=1S/C9H9F4NO/c10-6-3-7(14)5-8(4-6)15-2-1-9(11,12)13/h3-5H,1-2,14H2. The summed E-state index contributed by atoms with van der Waals surface area (Å²) in [4.78, 5) is 0. The molecule has 1 rings (SSSR count). The molecule has 84 valence electrons. The van der Waals surface area contributed by atoms with Crippen LogP contribution in [-0.4, -0.2) is 12.8 Å². The summed E-state index contributed by atoms with van der Waals surface area (Å²) in [7, 11) is 0. The van der Waals surface area contributed by atoms with Crippen LogP contribution in [0.2, 0.25) is 0 Å². The van der Waals surface area contributed by atoms with Gasteiger partial charge >= 0.3 is 6.18 Å². The van der Waals surface area contributed by atoms with Crippen LogP contribution in [0.5, 0.6) is 5.75 Å². The minimum Gasteiger partial charge on any atom is -0.493 e. The molecule has 0 atom stereocenters. The summed E-state index contributed by atoms with van der Waals surface area (Å²) in [5.41, 5.74) is 5.38. The van der Waals surface area contributed by atoms with Gasteiger partial charge in [-0.25, -0.2) is 4.39 Å². The summed E-state index contributed by atoms with van der Waals surface area (Å²) >= 11 is 0. The molecule has 6 heteroatoms. The maximum atomic E-state index is 12.7. The van der Waals surface area contributed by atoms with Crippen LogP contribution < -0.4 is 10.5 Å².